The number of aromatic nitrogens is 1. The van der Waals surface area contributed by atoms with Gasteiger partial charge in [-0.1, -0.05) is 53.8 Å². The van der Waals surface area contributed by atoms with Gasteiger partial charge < -0.3 is 0 Å². The van der Waals surface area contributed by atoms with Gasteiger partial charge in [0.2, 0.25) is 10.0 Å². The Bertz CT molecular complexity index is 1490. The van der Waals surface area contributed by atoms with Crippen molar-refractivity contribution in [3.8, 4) is 0 Å². The highest BCUT2D eigenvalue weighted by Crippen LogP contribution is 2.31. The predicted molar refractivity (Wildman–Crippen MR) is 142 cm³/mol. The van der Waals surface area contributed by atoms with Crippen LogP contribution in [0.5, 0.6) is 0 Å². The van der Waals surface area contributed by atoms with Crippen molar-refractivity contribution < 1.29 is 17.6 Å². The van der Waals surface area contributed by atoms with Gasteiger partial charge in [0.15, 0.2) is 5.13 Å². The van der Waals surface area contributed by atoms with Crippen molar-refractivity contribution in [3.05, 3.63) is 115 Å². The van der Waals surface area contributed by atoms with E-state index in [-0.39, 0.29) is 36.3 Å². The zero-order valence-corrected chi connectivity index (χ0v) is 21.0. The number of amides is 1. The maximum absolute atomic E-state index is 13.7. The first kappa shape index (κ1) is 25.4. The lowest BCUT2D eigenvalue weighted by molar-refractivity contribution is 0.0985. The molecule has 1 heterocycles. The fraction of sp³-hybridized carbons (Fsp3) is 0.111. The number of fused-ring (bicyclic) bond motifs is 1. The van der Waals surface area contributed by atoms with Crippen LogP contribution < -0.4 is 4.90 Å². The fourth-order valence-electron chi connectivity index (χ4n) is 3.63. The van der Waals surface area contributed by atoms with Gasteiger partial charge in [-0.2, -0.15) is 4.31 Å². The SMILES string of the molecule is C=CCN(CC=C)S(=O)(=O)c1ccc(C(=O)N(Cc2ccccc2)c2nc3ccc(F)cc3s2)cc1. The Morgan fingerprint density at radius 3 is 2.28 bits per heavy atom. The van der Waals surface area contributed by atoms with Crippen LogP contribution in [-0.4, -0.2) is 36.7 Å². The smallest absolute Gasteiger partial charge is 0.260 e. The highest BCUT2D eigenvalue weighted by molar-refractivity contribution is 7.89. The molecule has 1 aromatic heterocycles. The molecule has 1 amide bonds. The lowest BCUT2D eigenvalue weighted by Gasteiger charge is -2.21. The Kier molecular flexibility index (Phi) is 7.73. The molecule has 0 radical (unpaired) electrons. The van der Waals surface area contributed by atoms with Gasteiger partial charge >= 0.3 is 0 Å². The molecule has 0 spiro atoms. The number of benzene rings is 3. The summed E-state index contributed by atoms with van der Waals surface area (Å²) in [5, 5.41) is 0.421. The number of anilines is 1. The van der Waals surface area contributed by atoms with Crippen LogP contribution in [0.15, 0.2) is 103 Å². The molecule has 0 saturated carbocycles. The zero-order valence-electron chi connectivity index (χ0n) is 19.4. The zero-order chi connectivity index (χ0) is 25.7. The summed E-state index contributed by atoms with van der Waals surface area (Å²) in [5.41, 5.74) is 1.78. The third kappa shape index (κ3) is 5.43. The normalized spacial score (nSPS) is 11.5. The van der Waals surface area contributed by atoms with Crippen molar-refractivity contribution in [1.82, 2.24) is 9.29 Å². The molecular weight excluding hydrogens is 497 g/mol. The molecule has 0 aliphatic rings. The first-order valence-corrected chi connectivity index (χ1v) is 13.3. The first-order valence-electron chi connectivity index (χ1n) is 11.1. The lowest BCUT2D eigenvalue weighted by atomic mass is 10.1. The molecule has 0 aliphatic carbocycles. The van der Waals surface area contributed by atoms with Gasteiger partial charge in [0.25, 0.3) is 5.91 Å². The number of hydrogen-bond donors (Lipinski definition) is 0. The molecule has 0 bridgehead atoms. The number of rotatable bonds is 10. The summed E-state index contributed by atoms with van der Waals surface area (Å²) >= 11 is 1.22. The number of carbonyl (C=O) groups is 1. The molecule has 9 heteroatoms. The van der Waals surface area contributed by atoms with Crippen LogP contribution in [0.1, 0.15) is 15.9 Å². The second kappa shape index (κ2) is 10.9. The average molecular weight is 522 g/mol. The fourth-order valence-corrected chi connectivity index (χ4v) is 6.00. The second-order valence-electron chi connectivity index (χ2n) is 7.91. The molecule has 0 fully saturated rings. The van der Waals surface area contributed by atoms with E-state index >= 15 is 0 Å². The number of nitrogens with zero attached hydrogens (tertiary/aromatic N) is 3. The van der Waals surface area contributed by atoms with E-state index in [1.54, 1.807) is 6.07 Å². The van der Waals surface area contributed by atoms with Crippen molar-refractivity contribution in [1.29, 1.82) is 0 Å². The predicted octanol–water partition coefficient (Wildman–Crippen LogP) is 5.65. The maximum Gasteiger partial charge on any atom is 0.260 e. The highest BCUT2D eigenvalue weighted by atomic mass is 32.2. The van der Waals surface area contributed by atoms with E-state index in [9.17, 15) is 17.6 Å². The van der Waals surface area contributed by atoms with E-state index in [2.05, 4.69) is 18.1 Å². The molecule has 184 valence electrons. The Labute approximate surface area is 213 Å². The van der Waals surface area contributed by atoms with Gasteiger partial charge in [0.1, 0.15) is 5.82 Å². The van der Waals surface area contributed by atoms with E-state index in [1.165, 1.54) is 69.1 Å². The first-order chi connectivity index (χ1) is 17.3. The lowest BCUT2D eigenvalue weighted by Crippen LogP contribution is -2.32. The summed E-state index contributed by atoms with van der Waals surface area (Å²) in [4.78, 5) is 19.8. The molecule has 0 saturated heterocycles. The Hall–Kier alpha value is -3.66. The van der Waals surface area contributed by atoms with Crippen LogP contribution in [0.4, 0.5) is 9.52 Å². The molecule has 0 aliphatic heterocycles. The molecule has 6 nitrogen and oxygen atoms in total. The minimum absolute atomic E-state index is 0.0628. The minimum atomic E-state index is -3.79. The summed E-state index contributed by atoms with van der Waals surface area (Å²) in [6.07, 6.45) is 3.01. The number of carbonyl (C=O) groups excluding carboxylic acids is 1. The molecule has 0 atom stereocenters. The van der Waals surface area contributed by atoms with Gasteiger partial charge in [0.05, 0.1) is 21.7 Å². The van der Waals surface area contributed by atoms with Gasteiger partial charge in [-0.25, -0.2) is 17.8 Å². The quantitative estimate of drug-likeness (QED) is 0.253. The number of halogens is 1. The molecule has 0 N–H and O–H groups in total. The standard InChI is InChI=1S/C27H24FN3O3S2/c1-3-16-30(17-4-2)36(33,34)23-13-10-21(11-14-23)26(32)31(19-20-8-6-5-7-9-20)27-29-24-15-12-22(28)18-25(24)35-27/h3-15,18H,1-2,16-17,19H2. The van der Waals surface area contributed by atoms with Gasteiger partial charge in [-0.3, -0.25) is 9.69 Å². The van der Waals surface area contributed by atoms with Gasteiger partial charge in [0, 0.05) is 18.7 Å². The van der Waals surface area contributed by atoms with Crippen molar-refractivity contribution in [2.45, 2.75) is 11.4 Å². The molecular formula is C27H24FN3O3S2. The van der Waals surface area contributed by atoms with Gasteiger partial charge in [-0.15, -0.1) is 13.2 Å². The van der Waals surface area contributed by atoms with E-state index in [0.29, 0.717) is 20.9 Å². The van der Waals surface area contributed by atoms with Crippen LogP contribution in [0.3, 0.4) is 0 Å². The minimum Gasteiger partial charge on any atom is -0.279 e. The van der Waals surface area contributed by atoms with Crippen LogP contribution in [0.2, 0.25) is 0 Å². The molecule has 4 rings (SSSR count). The number of thiazole rings is 1. The topological polar surface area (TPSA) is 70.6 Å². The Morgan fingerprint density at radius 2 is 1.64 bits per heavy atom. The summed E-state index contributed by atoms with van der Waals surface area (Å²) < 4.78 is 41.6. The third-order valence-electron chi connectivity index (χ3n) is 5.40. The second-order valence-corrected chi connectivity index (χ2v) is 10.9. The van der Waals surface area contributed by atoms with Crippen molar-refractivity contribution in [2.75, 3.05) is 18.0 Å². The molecule has 0 unspecified atom stereocenters. The van der Waals surface area contributed by atoms with Crippen molar-refractivity contribution in [3.63, 3.8) is 0 Å². The summed E-state index contributed by atoms with van der Waals surface area (Å²) in [6.45, 7) is 7.75. The third-order valence-corrected chi connectivity index (χ3v) is 8.29. The highest BCUT2D eigenvalue weighted by Gasteiger charge is 2.25. The summed E-state index contributed by atoms with van der Waals surface area (Å²) in [7, 11) is -3.79. The van der Waals surface area contributed by atoms with Gasteiger partial charge in [-0.05, 0) is 48.0 Å². The Morgan fingerprint density at radius 1 is 0.972 bits per heavy atom. The van der Waals surface area contributed by atoms with E-state index in [1.807, 2.05) is 30.3 Å². The van der Waals surface area contributed by atoms with Crippen LogP contribution in [0, 0.1) is 5.82 Å². The number of hydrogen-bond acceptors (Lipinski definition) is 5. The number of sulfonamides is 1. The monoisotopic (exact) mass is 521 g/mol. The van der Waals surface area contributed by atoms with E-state index < -0.39 is 10.0 Å². The average Bonchev–Trinajstić information content (AvgIpc) is 3.30. The van der Waals surface area contributed by atoms with E-state index in [0.717, 1.165) is 5.56 Å². The summed E-state index contributed by atoms with van der Waals surface area (Å²) in [6, 6.07) is 19.5. The maximum atomic E-state index is 13.7. The Balaban J connectivity index is 1.68. The molecule has 36 heavy (non-hydrogen) atoms. The molecule has 4 aromatic rings. The van der Waals surface area contributed by atoms with Crippen LogP contribution in [-0.2, 0) is 16.6 Å². The van der Waals surface area contributed by atoms with E-state index in [4.69, 9.17) is 0 Å². The van der Waals surface area contributed by atoms with Crippen LogP contribution in [0.25, 0.3) is 10.2 Å². The molecule has 3 aromatic carbocycles. The summed E-state index contributed by atoms with van der Waals surface area (Å²) in [5.74, 6) is -0.728. The largest absolute Gasteiger partial charge is 0.279 e. The van der Waals surface area contributed by atoms with Crippen molar-refractivity contribution >= 4 is 42.6 Å². The van der Waals surface area contributed by atoms with Crippen LogP contribution >= 0.6 is 11.3 Å². The van der Waals surface area contributed by atoms with Crippen molar-refractivity contribution in [2.24, 2.45) is 0 Å².